The van der Waals surface area contributed by atoms with Crippen molar-refractivity contribution in [2.75, 3.05) is 0 Å². The lowest BCUT2D eigenvalue weighted by molar-refractivity contribution is 0.667. The van der Waals surface area contributed by atoms with Gasteiger partial charge in [0.15, 0.2) is 0 Å². The molecule has 0 aromatic heterocycles. The molecule has 2 N–H and O–H groups in total. The predicted molar refractivity (Wildman–Crippen MR) is 68.8 cm³/mol. The fourth-order valence-electron chi connectivity index (χ4n) is 1.26. The molecule has 0 fully saturated rings. The molecule has 3 heteroatoms. The van der Waals surface area contributed by atoms with E-state index in [0.717, 1.165) is 22.9 Å². The van der Waals surface area contributed by atoms with Crippen molar-refractivity contribution in [3.8, 4) is 11.8 Å². The maximum Gasteiger partial charge on any atom is 0.0551 e. The van der Waals surface area contributed by atoms with E-state index < -0.39 is 0 Å². The van der Waals surface area contributed by atoms with Crippen LogP contribution in [0.15, 0.2) is 22.7 Å². The highest BCUT2D eigenvalue weighted by Crippen LogP contribution is 2.26. The second kappa shape index (κ2) is 6.17. The molecule has 0 aliphatic heterocycles. The molecule has 0 aliphatic carbocycles. The molecule has 0 radical (unpaired) electrons. The zero-order chi connectivity index (χ0) is 11.3. The Kier molecular flexibility index (Phi) is 5.17. The highest BCUT2D eigenvalue weighted by atomic mass is 79.9. The van der Waals surface area contributed by atoms with Crippen LogP contribution in [-0.4, -0.2) is 0 Å². The van der Waals surface area contributed by atoms with E-state index in [4.69, 9.17) is 17.3 Å². The van der Waals surface area contributed by atoms with E-state index in [1.165, 1.54) is 0 Å². The Morgan fingerprint density at radius 1 is 1.53 bits per heavy atom. The van der Waals surface area contributed by atoms with Crippen LogP contribution in [-0.2, 0) is 0 Å². The van der Waals surface area contributed by atoms with Crippen LogP contribution in [0.3, 0.4) is 0 Å². The summed E-state index contributed by atoms with van der Waals surface area (Å²) in [6, 6.07) is 5.81. The van der Waals surface area contributed by atoms with E-state index in [9.17, 15) is 0 Å². The Morgan fingerprint density at radius 3 is 2.87 bits per heavy atom. The molecule has 0 heterocycles. The van der Waals surface area contributed by atoms with Crippen molar-refractivity contribution in [1.29, 1.82) is 0 Å². The van der Waals surface area contributed by atoms with Crippen molar-refractivity contribution in [3.05, 3.63) is 33.3 Å². The van der Waals surface area contributed by atoms with Gasteiger partial charge >= 0.3 is 0 Å². The maximum absolute atomic E-state index is 6.01. The molecule has 1 aromatic carbocycles. The quantitative estimate of drug-likeness (QED) is 0.838. The van der Waals surface area contributed by atoms with Gasteiger partial charge in [0, 0.05) is 16.9 Å². The van der Waals surface area contributed by atoms with E-state index in [1.807, 2.05) is 25.1 Å². The summed E-state index contributed by atoms with van der Waals surface area (Å²) in [5.74, 6) is 5.86. The Morgan fingerprint density at radius 2 is 2.27 bits per heavy atom. The van der Waals surface area contributed by atoms with E-state index in [-0.39, 0.29) is 6.04 Å². The SMILES string of the molecule is CC#CCCC(N)c1ccc(Br)c(Cl)c1. The Hall–Kier alpha value is -0.490. The lowest BCUT2D eigenvalue weighted by atomic mass is 10.0. The van der Waals surface area contributed by atoms with Crippen LogP contribution in [0, 0.1) is 11.8 Å². The third kappa shape index (κ3) is 3.87. The minimum Gasteiger partial charge on any atom is -0.324 e. The van der Waals surface area contributed by atoms with Crippen molar-refractivity contribution in [3.63, 3.8) is 0 Å². The first-order valence-electron chi connectivity index (χ1n) is 4.75. The van der Waals surface area contributed by atoms with Gasteiger partial charge in [0.2, 0.25) is 0 Å². The van der Waals surface area contributed by atoms with Gasteiger partial charge in [-0.3, -0.25) is 0 Å². The van der Waals surface area contributed by atoms with Crippen LogP contribution in [0.1, 0.15) is 31.4 Å². The summed E-state index contributed by atoms with van der Waals surface area (Å²) in [5, 5.41) is 0.699. The molecule has 1 aromatic rings. The van der Waals surface area contributed by atoms with Gasteiger partial charge < -0.3 is 5.73 Å². The molecule has 0 bridgehead atoms. The smallest absolute Gasteiger partial charge is 0.0551 e. The van der Waals surface area contributed by atoms with Gasteiger partial charge in [-0.2, -0.15) is 0 Å². The number of nitrogens with two attached hydrogens (primary N) is 1. The summed E-state index contributed by atoms with van der Waals surface area (Å²) in [4.78, 5) is 0. The van der Waals surface area contributed by atoms with Crippen molar-refractivity contribution >= 4 is 27.5 Å². The summed E-state index contributed by atoms with van der Waals surface area (Å²) in [6.07, 6.45) is 1.68. The average Bonchev–Trinajstić information content (AvgIpc) is 2.22. The van der Waals surface area contributed by atoms with Gasteiger partial charge in [-0.15, -0.1) is 11.8 Å². The van der Waals surface area contributed by atoms with Crippen LogP contribution in [0.5, 0.6) is 0 Å². The molecule has 0 aliphatic rings. The second-order valence-corrected chi connectivity index (χ2v) is 4.51. The van der Waals surface area contributed by atoms with Gasteiger partial charge in [-0.25, -0.2) is 0 Å². The van der Waals surface area contributed by atoms with E-state index in [0.29, 0.717) is 5.02 Å². The maximum atomic E-state index is 6.01. The van der Waals surface area contributed by atoms with Crippen LogP contribution in [0.25, 0.3) is 0 Å². The van der Waals surface area contributed by atoms with Crippen LogP contribution >= 0.6 is 27.5 Å². The van der Waals surface area contributed by atoms with E-state index >= 15 is 0 Å². The summed E-state index contributed by atoms with van der Waals surface area (Å²) in [5.41, 5.74) is 7.07. The zero-order valence-electron chi connectivity index (χ0n) is 8.56. The van der Waals surface area contributed by atoms with Gasteiger partial charge in [0.1, 0.15) is 0 Å². The molecule has 80 valence electrons. The first-order chi connectivity index (χ1) is 7.15. The molecule has 0 amide bonds. The third-order valence-electron chi connectivity index (χ3n) is 2.13. The molecule has 0 saturated heterocycles. The molecule has 0 saturated carbocycles. The van der Waals surface area contributed by atoms with Crippen molar-refractivity contribution in [1.82, 2.24) is 0 Å². The molecule has 1 atom stereocenters. The monoisotopic (exact) mass is 285 g/mol. The molecule has 1 unspecified atom stereocenters. The summed E-state index contributed by atoms with van der Waals surface area (Å²) < 4.78 is 0.897. The van der Waals surface area contributed by atoms with Crippen LogP contribution < -0.4 is 5.73 Å². The summed E-state index contributed by atoms with van der Waals surface area (Å²) >= 11 is 9.34. The first-order valence-corrected chi connectivity index (χ1v) is 5.92. The van der Waals surface area contributed by atoms with Crippen LogP contribution in [0.4, 0.5) is 0 Å². The number of rotatable bonds is 3. The lowest BCUT2D eigenvalue weighted by Crippen LogP contribution is -2.09. The van der Waals surface area contributed by atoms with Gasteiger partial charge in [0.25, 0.3) is 0 Å². The Bertz CT molecular complexity index is 392. The molecule has 1 nitrogen and oxygen atoms in total. The molecular weight excluding hydrogens is 273 g/mol. The van der Waals surface area contributed by atoms with Crippen LogP contribution in [0.2, 0.25) is 5.02 Å². The third-order valence-corrected chi connectivity index (χ3v) is 3.36. The summed E-state index contributed by atoms with van der Waals surface area (Å²) in [6.45, 7) is 1.84. The van der Waals surface area contributed by atoms with Crippen molar-refractivity contribution in [2.24, 2.45) is 5.73 Å². The average molecular weight is 287 g/mol. The highest BCUT2D eigenvalue weighted by molar-refractivity contribution is 9.10. The lowest BCUT2D eigenvalue weighted by Gasteiger charge is -2.11. The highest BCUT2D eigenvalue weighted by Gasteiger charge is 2.06. The molecule has 0 spiro atoms. The molecule has 15 heavy (non-hydrogen) atoms. The fourth-order valence-corrected chi connectivity index (χ4v) is 1.70. The number of hydrogen-bond acceptors (Lipinski definition) is 1. The second-order valence-electron chi connectivity index (χ2n) is 3.25. The molecular formula is C12H13BrClN. The van der Waals surface area contributed by atoms with E-state index in [1.54, 1.807) is 0 Å². The Balaban J connectivity index is 2.68. The normalized spacial score (nSPS) is 11.7. The van der Waals surface area contributed by atoms with Crippen molar-refractivity contribution in [2.45, 2.75) is 25.8 Å². The fraction of sp³-hybridized carbons (Fsp3) is 0.333. The summed E-state index contributed by atoms with van der Waals surface area (Å²) in [7, 11) is 0. The standard InChI is InChI=1S/C12H13BrClN/c1-2-3-4-5-12(15)9-6-7-10(13)11(14)8-9/h6-8,12H,4-5,15H2,1H3. The topological polar surface area (TPSA) is 26.0 Å². The number of hydrogen-bond donors (Lipinski definition) is 1. The largest absolute Gasteiger partial charge is 0.324 e. The van der Waals surface area contributed by atoms with Crippen molar-refractivity contribution < 1.29 is 0 Å². The molecule has 1 rings (SSSR count). The van der Waals surface area contributed by atoms with Gasteiger partial charge in [0.05, 0.1) is 5.02 Å². The zero-order valence-corrected chi connectivity index (χ0v) is 10.9. The first kappa shape index (κ1) is 12.6. The number of halogens is 2. The minimum absolute atomic E-state index is 0.0106. The van der Waals surface area contributed by atoms with E-state index in [2.05, 4.69) is 27.8 Å². The predicted octanol–water partition coefficient (Wildman–Crippen LogP) is 3.91. The van der Waals surface area contributed by atoms with Gasteiger partial charge in [-0.05, 0) is 47.0 Å². The minimum atomic E-state index is 0.0106. The van der Waals surface area contributed by atoms with Gasteiger partial charge in [-0.1, -0.05) is 17.7 Å². The number of benzene rings is 1. The Labute approximate surface area is 104 Å².